The zero-order chi connectivity index (χ0) is 22.4. The van der Waals surface area contributed by atoms with Crippen LogP contribution in [0.1, 0.15) is 44.1 Å². The zero-order valence-corrected chi connectivity index (χ0v) is 19.2. The molecule has 7 heteroatoms. The normalized spacial score (nSPS) is 23.5. The molecule has 0 unspecified atom stereocenters. The number of nitrogens with zero attached hydrogens (tertiary/aromatic N) is 4. The van der Waals surface area contributed by atoms with Gasteiger partial charge in [-0.1, -0.05) is 18.2 Å². The number of hydrogen-bond acceptors (Lipinski definition) is 5. The number of hydrogen-bond donors (Lipinski definition) is 0. The lowest BCUT2D eigenvalue weighted by atomic mass is 9.84. The Labute approximate surface area is 191 Å². The third-order valence-electron chi connectivity index (χ3n) is 7.29. The van der Waals surface area contributed by atoms with Crippen LogP contribution in [0.15, 0.2) is 36.7 Å². The van der Waals surface area contributed by atoms with Gasteiger partial charge < -0.3 is 14.5 Å². The van der Waals surface area contributed by atoms with Gasteiger partial charge in [0.15, 0.2) is 0 Å². The monoisotopic (exact) mass is 440 g/mol. The molecule has 0 saturated carbocycles. The largest absolute Gasteiger partial charge is 0.383 e. The Morgan fingerprint density at radius 1 is 1.19 bits per heavy atom. The van der Waals surface area contributed by atoms with Crippen LogP contribution in [0.4, 0.5) is 4.79 Å². The molecule has 1 aromatic heterocycles. The Bertz CT molecular complexity index is 805. The summed E-state index contributed by atoms with van der Waals surface area (Å²) in [5.74, 6) is 0.702. The molecule has 2 fully saturated rings. The number of carbonyl (C=O) groups is 2. The molecule has 0 aromatic carbocycles. The Hall–Kier alpha value is -2.25. The second kappa shape index (κ2) is 10.6. The highest BCUT2D eigenvalue weighted by molar-refractivity contribution is 6.07. The minimum absolute atomic E-state index is 0.00922. The van der Waals surface area contributed by atoms with Gasteiger partial charge in [0.25, 0.3) is 5.91 Å². The Morgan fingerprint density at radius 2 is 2.03 bits per heavy atom. The molecule has 3 heterocycles. The number of pyridine rings is 1. The Morgan fingerprint density at radius 3 is 2.72 bits per heavy atom. The first-order chi connectivity index (χ1) is 15.6. The number of urea groups is 1. The summed E-state index contributed by atoms with van der Waals surface area (Å²) in [4.78, 5) is 36.8. The van der Waals surface area contributed by atoms with Crippen molar-refractivity contribution in [3.05, 3.63) is 42.2 Å². The molecule has 174 valence electrons. The molecule has 7 nitrogen and oxygen atoms in total. The fraction of sp³-hybridized carbons (Fsp3) is 0.640. The summed E-state index contributed by atoms with van der Waals surface area (Å²) in [6, 6.07) is 3.80. The van der Waals surface area contributed by atoms with Crippen molar-refractivity contribution in [3.63, 3.8) is 0 Å². The van der Waals surface area contributed by atoms with E-state index in [0.717, 1.165) is 44.5 Å². The fourth-order valence-corrected chi connectivity index (χ4v) is 5.44. The average molecular weight is 441 g/mol. The van der Waals surface area contributed by atoms with Crippen LogP contribution in [-0.4, -0.2) is 83.6 Å². The second-order valence-electron chi connectivity index (χ2n) is 9.33. The first-order valence-electron chi connectivity index (χ1n) is 12.0. The molecule has 2 aliphatic heterocycles. The van der Waals surface area contributed by atoms with Crippen molar-refractivity contribution in [2.45, 2.75) is 50.5 Å². The van der Waals surface area contributed by atoms with Crippen LogP contribution >= 0.6 is 0 Å². The third kappa shape index (κ3) is 4.89. The number of aromatic nitrogens is 1. The third-order valence-corrected chi connectivity index (χ3v) is 7.29. The quantitative estimate of drug-likeness (QED) is 0.436. The summed E-state index contributed by atoms with van der Waals surface area (Å²) in [6.07, 6.45) is 14.7. The number of rotatable bonds is 9. The molecule has 0 bridgehead atoms. The summed E-state index contributed by atoms with van der Waals surface area (Å²) in [7, 11) is 1.64. The van der Waals surface area contributed by atoms with Gasteiger partial charge in [-0.3, -0.25) is 14.7 Å². The van der Waals surface area contributed by atoms with Gasteiger partial charge in [0.1, 0.15) is 5.54 Å². The molecule has 3 aliphatic rings. The fourth-order valence-electron chi connectivity index (χ4n) is 5.44. The molecule has 1 spiro atoms. The second-order valence-corrected chi connectivity index (χ2v) is 9.33. The average Bonchev–Trinajstić information content (AvgIpc) is 3.01. The number of amides is 3. The number of piperidine rings is 1. The number of methoxy groups -OCH3 is 1. The number of likely N-dealkylation sites (tertiary alicyclic amines) is 1. The molecule has 1 aromatic rings. The van der Waals surface area contributed by atoms with Gasteiger partial charge in [0, 0.05) is 52.2 Å². The highest BCUT2D eigenvalue weighted by Crippen LogP contribution is 2.38. The first kappa shape index (κ1) is 22.9. The van der Waals surface area contributed by atoms with Crippen LogP contribution < -0.4 is 0 Å². The number of ether oxygens (including phenoxy) is 1. The van der Waals surface area contributed by atoms with Gasteiger partial charge in [-0.15, -0.1) is 0 Å². The predicted octanol–water partition coefficient (Wildman–Crippen LogP) is 3.12. The van der Waals surface area contributed by atoms with Crippen LogP contribution in [0.5, 0.6) is 0 Å². The lowest BCUT2D eigenvalue weighted by Crippen LogP contribution is -2.57. The molecular weight excluding hydrogens is 404 g/mol. The molecule has 2 saturated heterocycles. The number of aryl methyl sites for hydroxylation is 1. The lowest BCUT2D eigenvalue weighted by Gasteiger charge is -2.43. The molecule has 1 atom stereocenters. The number of carbonyl (C=O) groups excluding carboxylic acids is 2. The van der Waals surface area contributed by atoms with E-state index in [2.05, 4.69) is 22.0 Å². The first-order valence-corrected chi connectivity index (χ1v) is 12.0. The van der Waals surface area contributed by atoms with Crippen LogP contribution in [0.2, 0.25) is 0 Å². The van der Waals surface area contributed by atoms with Crippen molar-refractivity contribution < 1.29 is 14.3 Å². The van der Waals surface area contributed by atoms with Crippen molar-refractivity contribution in [2.75, 3.05) is 46.4 Å². The summed E-state index contributed by atoms with van der Waals surface area (Å²) in [5.41, 5.74) is 0.427. The minimum atomic E-state index is -0.702. The SMILES string of the molecule is COCCN1C(=O)N(CCCc2cccnc2)C(=O)C12CCN(C[C@@H]1CC=CCC1)CC2. The molecule has 32 heavy (non-hydrogen) atoms. The van der Waals surface area contributed by atoms with Crippen molar-refractivity contribution in [2.24, 2.45) is 5.92 Å². The number of allylic oxidation sites excluding steroid dienone is 2. The highest BCUT2D eigenvalue weighted by atomic mass is 16.5. The molecular formula is C25H36N4O3. The number of imide groups is 1. The molecule has 4 rings (SSSR count). The smallest absolute Gasteiger partial charge is 0.327 e. The summed E-state index contributed by atoms with van der Waals surface area (Å²) in [5, 5.41) is 0. The van der Waals surface area contributed by atoms with E-state index in [1.54, 1.807) is 13.3 Å². The minimum Gasteiger partial charge on any atom is -0.383 e. The van der Waals surface area contributed by atoms with Crippen LogP contribution in [0.3, 0.4) is 0 Å². The van der Waals surface area contributed by atoms with Crippen LogP contribution in [0, 0.1) is 5.92 Å². The van der Waals surface area contributed by atoms with Crippen molar-refractivity contribution in [3.8, 4) is 0 Å². The van der Waals surface area contributed by atoms with Gasteiger partial charge >= 0.3 is 6.03 Å². The van der Waals surface area contributed by atoms with Crippen molar-refractivity contribution >= 4 is 11.9 Å². The van der Waals surface area contributed by atoms with E-state index in [9.17, 15) is 9.59 Å². The van der Waals surface area contributed by atoms with E-state index >= 15 is 0 Å². The van der Waals surface area contributed by atoms with Gasteiger partial charge in [-0.05, 0) is 62.5 Å². The molecule has 3 amide bonds. The van der Waals surface area contributed by atoms with Gasteiger partial charge in [-0.2, -0.15) is 0 Å². The Balaban J connectivity index is 1.39. The maximum atomic E-state index is 13.6. The molecule has 1 aliphatic carbocycles. The topological polar surface area (TPSA) is 66.0 Å². The van der Waals surface area contributed by atoms with E-state index in [1.807, 2.05) is 23.2 Å². The lowest BCUT2D eigenvalue weighted by molar-refractivity contribution is -0.136. The van der Waals surface area contributed by atoms with Gasteiger partial charge in [0.05, 0.1) is 6.61 Å². The van der Waals surface area contributed by atoms with Crippen LogP contribution in [-0.2, 0) is 16.0 Å². The zero-order valence-electron chi connectivity index (χ0n) is 19.2. The summed E-state index contributed by atoms with van der Waals surface area (Å²) < 4.78 is 5.27. The molecule has 0 N–H and O–H groups in total. The van der Waals surface area contributed by atoms with Crippen molar-refractivity contribution in [1.29, 1.82) is 0 Å². The summed E-state index contributed by atoms with van der Waals surface area (Å²) in [6.45, 7) is 4.19. The predicted molar refractivity (Wildman–Crippen MR) is 123 cm³/mol. The van der Waals surface area contributed by atoms with Crippen molar-refractivity contribution in [1.82, 2.24) is 19.7 Å². The maximum Gasteiger partial charge on any atom is 0.327 e. The summed E-state index contributed by atoms with van der Waals surface area (Å²) >= 11 is 0. The van der Waals surface area contributed by atoms with E-state index in [1.165, 1.54) is 17.7 Å². The van der Waals surface area contributed by atoms with E-state index in [-0.39, 0.29) is 11.9 Å². The highest BCUT2D eigenvalue weighted by Gasteiger charge is 2.57. The van der Waals surface area contributed by atoms with E-state index in [0.29, 0.717) is 38.5 Å². The van der Waals surface area contributed by atoms with E-state index < -0.39 is 5.54 Å². The molecule has 0 radical (unpaired) electrons. The standard InChI is InChI=1S/C25H36N4O3/c1-32-18-17-29-24(31)28(14-6-10-21-9-5-13-26-19-21)23(30)25(29)11-15-27(16-12-25)20-22-7-3-2-4-8-22/h2-3,5,9,13,19,22H,4,6-8,10-12,14-18,20H2,1H3/t22-/m1/s1. The Kier molecular flexibility index (Phi) is 7.58. The van der Waals surface area contributed by atoms with E-state index in [4.69, 9.17) is 4.74 Å². The maximum absolute atomic E-state index is 13.6. The van der Waals surface area contributed by atoms with Gasteiger partial charge in [-0.25, -0.2) is 4.79 Å². The van der Waals surface area contributed by atoms with Crippen LogP contribution in [0.25, 0.3) is 0 Å². The van der Waals surface area contributed by atoms with Gasteiger partial charge in [0.2, 0.25) is 0 Å².